The fraction of sp³-hybridized carbons (Fsp3) is 1.00. The maximum absolute atomic E-state index is 5.33. The van der Waals surface area contributed by atoms with Crippen molar-refractivity contribution >= 4 is 9.20 Å². The number of nitrogens with one attached hydrogen (secondary N) is 1. The van der Waals surface area contributed by atoms with Gasteiger partial charge in [0.15, 0.2) is 0 Å². The monoisotopic (exact) mass is 117 g/mol. The van der Waals surface area contributed by atoms with Crippen molar-refractivity contribution < 1.29 is 4.43 Å². The van der Waals surface area contributed by atoms with Gasteiger partial charge >= 0.3 is 0 Å². The zero-order chi connectivity index (χ0) is 5.11. The first kappa shape index (κ1) is 5.28. The van der Waals surface area contributed by atoms with E-state index in [2.05, 4.69) is 11.9 Å². The average Bonchev–Trinajstić information content (AvgIpc) is 2.14. The van der Waals surface area contributed by atoms with Crippen molar-refractivity contribution in [1.29, 1.82) is 0 Å². The van der Waals surface area contributed by atoms with E-state index >= 15 is 0 Å². The van der Waals surface area contributed by atoms with Crippen molar-refractivity contribution in [2.45, 2.75) is 13.0 Å². The number of rotatable bonds is 1. The number of hydrogen-bond donors (Lipinski definition) is 1. The van der Waals surface area contributed by atoms with Crippen LogP contribution in [-0.2, 0) is 4.43 Å². The summed E-state index contributed by atoms with van der Waals surface area (Å²) in [7, 11) is -0.810. The summed E-state index contributed by atoms with van der Waals surface area (Å²) in [6, 6.07) is 1.22. The highest BCUT2D eigenvalue weighted by molar-refractivity contribution is 6.49. The highest BCUT2D eigenvalue weighted by Crippen LogP contribution is 1.93. The van der Waals surface area contributed by atoms with E-state index in [1.165, 1.54) is 6.04 Å². The Bertz CT molecular complexity index is 53.7. The largest absolute Gasteiger partial charge is 0.404 e. The molecular formula is C4H11NOSi. The van der Waals surface area contributed by atoms with Crippen molar-refractivity contribution in [2.75, 3.05) is 13.2 Å². The van der Waals surface area contributed by atoms with Crippen LogP contribution in [0.25, 0.3) is 0 Å². The lowest BCUT2D eigenvalue weighted by Gasteiger charge is -1.99. The van der Waals surface area contributed by atoms with Gasteiger partial charge < -0.3 is 9.41 Å². The van der Waals surface area contributed by atoms with E-state index in [0.29, 0.717) is 0 Å². The Kier molecular flexibility index (Phi) is 1.84. The van der Waals surface area contributed by atoms with E-state index in [1.54, 1.807) is 0 Å². The van der Waals surface area contributed by atoms with E-state index < -0.39 is 9.20 Å². The van der Waals surface area contributed by atoms with Gasteiger partial charge in [-0.05, 0) is 6.04 Å². The molecule has 1 unspecified atom stereocenters. The van der Waals surface area contributed by atoms with Gasteiger partial charge in [-0.25, -0.2) is 0 Å². The molecule has 1 atom stereocenters. The Morgan fingerprint density at radius 3 is 3.00 bits per heavy atom. The molecule has 0 bridgehead atoms. The molecule has 0 spiro atoms. The van der Waals surface area contributed by atoms with Gasteiger partial charge in [-0.3, -0.25) is 0 Å². The van der Waals surface area contributed by atoms with Crippen LogP contribution < -0.4 is 4.98 Å². The van der Waals surface area contributed by atoms with Crippen LogP contribution in [0.15, 0.2) is 0 Å². The van der Waals surface area contributed by atoms with E-state index in [1.807, 2.05) is 0 Å². The molecule has 0 aromatic carbocycles. The van der Waals surface area contributed by atoms with Crippen molar-refractivity contribution in [2.24, 2.45) is 0 Å². The van der Waals surface area contributed by atoms with Gasteiger partial charge in [0, 0.05) is 13.2 Å². The molecule has 1 N–H and O–H groups in total. The molecule has 1 aliphatic heterocycles. The molecule has 1 fully saturated rings. The first-order valence-electron chi connectivity index (χ1n) is 2.78. The van der Waals surface area contributed by atoms with Crippen LogP contribution in [0.1, 0.15) is 6.92 Å². The fourth-order valence-corrected chi connectivity index (χ4v) is 2.23. The molecule has 7 heavy (non-hydrogen) atoms. The summed E-state index contributed by atoms with van der Waals surface area (Å²) in [5.41, 5.74) is 0. The summed E-state index contributed by atoms with van der Waals surface area (Å²) in [6.07, 6.45) is 0. The molecule has 3 heteroatoms. The van der Waals surface area contributed by atoms with Crippen LogP contribution in [0.4, 0.5) is 0 Å². The number of hydrogen-bond acceptors (Lipinski definition) is 2. The Labute approximate surface area is 45.7 Å². The highest BCUT2D eigenvalue weighted by Gasteiger charge is 2.12. The molecule has 0 aromatic heterocycles. The van der Waals surface area contributed by atoms with Gasteiger partial charge in [0.05, 0.1) is 0 Å². The minimum atomic E-state index is -0.810. The molecule has 0 aliphatic carbocycles. The zero-order valence-electron chi connectivity index (χ0n) is 4.61. The molecule has 0 radical (unpaired) electrons. The SMILES string of the molecule is CC[SiH]1NCCO1. The van der Waals surface area contributed by atoms with E-state index in [4.69, 9.17) is 4.43 Å². The predicted molar refractivity (Wildman–Crippen MR) is 31.6 cm³/mol. The lowest BCUT2D eigenvalue weighted by molar-refractivity contribution is 0.370. The van der Waals surface area contributed by atoms with Gasteiger partial charge in [-0.1, -0.05) is 6.92 Å². The average molecular weight is 117 g/mol. The third kappa shape index (κ3) is 1.26. The Hall–Kier alpha value is 0.137. The molecule has 0 amide bonds. The quantitative estimate of drug-likeness (QED) is 0.482. The smallest absolute Gasteiger partial charge is 0.252 e. The Balaban J connectivity index is 2.14. The summed E-state index contributed by atoms with van der Waals surface area (Å²) in [4.78, 5) is 3.32. The van der Waals surface area contributed by atoms with Crippen LogP contribution in [0.5, 0.6) is 0 Å². The minimum Gasteiger partial charge on any atom is -0.404 e. The van der Waals surface area contributed by atoms with Crippen LogP contribution >= 0.6 is 0 Å². The van der Waals surface area contributed by atoms with Crippen LogP contribution in [0, 0.1) is 0 Å². The third-order valence-corrected chi connectivity index (χ3v) is 3.29. The van der Waals surface area contributed by atoms with E-state index in [9.17, 15) is 0 Å². The standard InChI is InChI=1S/C4H11NOSi/c1-2-7-5-3-4-6-7/h5,7H,2-4H2,1H3. The van der Waals surface area contributed by atoms with Crippen molar-refractivity contribution in [3.05, 3.63) is 0 Å². The molecule has 1 aliphatic rings. The molecule has 0 aromatic rings. The van der Waals surface area contributed by atoms with Crippen molar-refractivity contribution in [3.8, 4) is 0 Å². The van der Waals surface area contributed by atoms with Crippen LogP contribution in [-0.4, -0.2) is 22.4 Å². The normalized spacial score (nSPS) is 31.3. The summed E-state index contributed by atoms with van der Waals surface area (Å²) in [5.74, 6) is 0. The fourth-order valence-electron chi connectivity index (χ4n) is 0.742. The second-order valence-corrected chi connectivity index (χ2v) is 4.26. The van der Waals surface area contributed by atoms with Crippen molar-refractivity contribution in [1.82, 2.24) is 4.98 Å². The van der Waals surface area contributed by atoms with Gasteiger partial charge in [-0.2, -0.15) is 0 Å². The molecule has 1 heterocycles. The highest BCUT2D eigenvalue weighted by atomic mass is 28.3. The molecule has 2 nitrogen and oxygen atoms in total. The maximum Gasteiger partial charge on any atom is 0.252 e. The maximum atomic E-state index is 5.33. The molecule has 0 saturated carbocycles. The predicted octanol–water partition coefficient (Wildman–Crippen LogP) is -0.153. The van der Waals surface area contributed by atoms with Gasteiger partial charge in [0.1, 0.15) is 0 Å². The summed E-state index contributed by atoms with van der Waals surface area (Å²) >= 11 is 0. The minimum absolute atomic E-state index is 0.810. The zero-order valence-corrected chi connectivity index (χ0v) is 5.76. The molecule has 1 saturated heterocycles. The second kappa shape index (κ2) is 2.45. The van der Waals surface area contributed by atoms with Gasteiger partial charge in [0.25, 0.3) is 9.20 Å². The van der Waals surface area contributed by atoms with Crippen molar-refractivity contribution in [3.63, 3.8) is 0 Å². The third-order valence-electron chi connectivity index (χ3n) is 1.16. The second-order valence-electron chi connectivity index (χ2n) is 1.72. The van der Waals surface area contributed by atoms with Gasteiger partial charge in [-0.15, -0.1) is 0 Å². The van der Waals surface area contributed by atoms with Gasteiger partial charge in [0.2, 0.25) is 0 Å². The summed E-state index contributed by atoms with van der Waals surface area (Å²) < 4.78 is 5.33. The summed E-state index contributed by atoms with van der Waals surface area (Å²) in [5, 5.41) is 0. The van der Waals surface area contributed by atoms with Crippen LogP contribution in [0.3, 0.4) is 0 Å². The van der Waals surface area contributed by atoms with E-state index in [-0.39, 0.29) is 0 Å². The lowest BCUT2D eigenvalue weighted by Crippen LogP contribution is -2.26. The first-order valence-corrected chi connectivity index (χ1v) is 4.65. The molecule has 1 rings (SSSR count). The first-order chi connectivity index (χ1) is 3.43. The topological polar surface area (TPSA) is 21.3 Å². The summed E-state index contributed by atoms with van der Waals surface area (Å²) in [6.45, 7) is 4.21. The Morgan fingerprint density at radius 1 is 1.86 bits per heavy atom. The molecule has 42 valence electrons. The Morgan fingerprint density at radius 2 is 2.71 bits per heavy atom. The van der Waals surface area contributed by atoms with Crippen LogP contribution in [0.2, 0.25) is 6.04 Å². The lowest BCUT2D eigenvalue weighted by atomic mass is 10.8. The van der Waals surface area contributed by atoms with E-state index in [0.717, 1.165) is 13.2 Å². The molecular weight excluding hydrogens is 106 g/mol.